The molecule has 0 amide bonds. The van der Waals surface area contributed by atoms with Crippen LogP contribution in [0.3, 0.4) is 0 Å². The van der Waals surface area contributed by atoms with Crippen LogP contribution in [-0.2, 0) is 19.5 Å². The Morgan fingerprint density at radius 3 is 2.53 bits per heavy atom. The van der Waals surface area contributed by atoms with Crippen LogP contribution in [0.5, 0.6) is 0 Å². The van der Waals surface area contributed by atoms with Crippen LogP contribution in [-0.4, -0.2) is 55.9 Å². The summed E-state index contributed by atoms with van der Waals surface area (Å²) in [6.07, 6.45) is 1.01. The van der Waals surface area contributed by atoms with E-state index in [-0.39, 0.29) is 23.6 Å². The minimum Gasteiger partial charge on any atom is -0.371 e. The van der Waals surface area contributed by atoms with E-state index in [0.717, 1.165) is 21.3 Å². The summed E-state index contributed by atoms with van der Waals surface area (Å²) in [5.41, 5.74) is 0.844. The van der Waals surface area contributed by atoms with E-state index in [9.17, 15) is 8.42 Å². The highest BCUT2D eigenvalue weighted by Gasteiger charge is 2.49. The van der Waals surface area contributed by atoms with Crippen molar-refractivity contribution in [3.8, 4) is 10.6 Å². The molecule has 2 aliphatic heterocycles. The first-order valence-electron chi connectivity index (χ1n) is 10.9. The lowest BCUT2D eigenvalue weighted by Gasteiger charge is -2.18. The lowest BCUT2D eigenvalue weighted by atomic mass is 10.1. The SMILES string of the molecule is O=S(=O)(NC1COC2C(Nc3nccc(-c4cccs4)n3)COC12)c1ccc2ccccc2c1. The molecule has 2 aromatic carbocycles. The van der Waals surface area contributed by atoms with Gasteiger partial charge in [-0.25, -0.2) is 23.1 Å². The molecule has 0 bridgehead atoms. The third kappa shape index (κ3) is 4.08. The summed E-state index contributed by atoms with van der Waals surface area (Å²) in [7, 11) is -3.73. The van der Waals surface area contributed by atoms with Crippen molar-refractivity contribution in [1.29, 1.82) is 0 Å². The zero-order valence-electron chi connectivity index (χ0n) is 18.0. The summed E-state index contributed by atoms with van der Waals surface area (Å²) in [5.74, 6) is 0.490. The number of sulfonamides is 1. The summed E-state index contributed by atoms with van der Waals surface area (Å²) in [5, 5.41) is 7.17. The second-order valence-corrected chi connectivity index (χ2v) is 11.0. The van der Waals surface area contributed by atoms with E-state index < -0.39 is 22.2 Å². The number of rotatable bonds is 6. The Kier molecular flexibility index (Phi) is 5.54. The average molecular weight is 495 g/mol. The van der Waals surface area contributed by atoms with Crippen LogP contribution in [0.2, 0.25) is 0 Å². The third-order valence-corrected chi connectivity index (χ3v) is 8.51. The summed E-state index contributed by atoms with van der Waals surface area (Å²) in [6, 6.07) is 18.0. The van der Waals surface area contributed by atoms with Gasteiger partial charge in [0.1, 0.15) is 12.2 Å². The fraction of sp³-hybridized carbons (Fsp3) is 0.250. The van der Waals surface area contributed by atoms with Gasteiger partial charge in [-0.1, -0.05) is 36.4 Å². The molecule has 6 rings (SSSR count). The summed E-state index contributed by atoms with van der Waals surface area (Å²) in [6.45, 7) is 0.604. The van der Waals surface area contributed by atoms with Gasteiger partial charge < -0.3 is 14.8 Å². The fourth-order valence-corrected chi connectivity index (χ4v) is 6.44. The van der Waals surface area contributed by atoms with Crippen LogP contribution in [0.4, 0.5) is 5.95 Å². The van der Waals surface area contributed by atoms with E-state index in [1.165, 1.54) is 0 Å². The highest BCUT2D eigenvalue weighted by Crippen LogP contribution is 2.30. The lowest BCUT2D eigenvalue weighted by molar-refractivity contribution is 0.0690. The van der Waals surface area contributed by atoms with Crippen molar-refractivity contribution in [1.82, 2.24) is 14.7 Å². The van der Waals surface area contributed by atoms with Crippen LogP contribution in [0.1, 0.15) is 0 Å². The molecule has 4 heterocycles. The second kappa shape index (κ2) is 8.71. The molecule has 2 fully saturated rings. The molecule has 2 N–H and O–H groups in total. The van der Waals surface area contributed by atoms with Crippen LogP contribution in [0.25, 0.3) is 21.3 Å². The van der Waals surface area contributed by atoms with Gasteiger partial charge in [0.15, 0.2) is 0 Å². The van der Waals surface area contributed by atoms with Gasteiger partial charge in [0.25, 0.3) is 0 Å². The first-order valence-corrected chi connectivity index (χ1v) is 13.3. The van der Waals surface area contributed by atoms with Gasteiger partial charge in [0.05, 0.1) is 40.8 Å². The van der Waals surface area contributed by atoms with Gasteiger partial charge in [-0.15, -0.1) is 11.3 Å². The number of nitrogens with one attached hydrogen (secondary N) is 2. The molecule has 4 unspecified atom stereocenters. The summed E-state index contributed by atoms with van der Waals surface area (Å²) >= 11 is 1.61. The van der Waals surface area contributed by atoms with E-state index >= 15 is 0 Å². The molecule has 34 heavy (non-hydrogen) atoms. The number of hydrogen-bond donors (Lipinski definition) is 2. The topological polar surface area (TPSA) is 102 Å². The number of thiophene rings is 1. The molecule has 10 heteroatoms. The normalized spacial score (nSPS) is 24.4. The van der Waals surface area contributed by atoms with E-state index in [4.69, 9.17) is 9.47 Å². The van der Waals surface area contributed by atoms with E-state index in [1.54, 1.807) is 29.7 Å². The van der Waals surface area contributed by atoms with Crippen LogP contribution in [0.15, 0.2) is 77.1 Å². The van der Waals surface area contributed by atoms with Crippen molar-refractivity contribution in [2.24, 2.45) is 0 Å². The number of aromatic nitrogens is 2. The smallest absolute Gasteiger partial charge is 0.241 e. The highest BCUT2D eigenvalue weighted by atomic mass is 32.2. The molecule has 2 saturated heterocycles. The maximum absolute atomic E-state index is 13.1. The standard InChI is InChI=1S/C24H22N4O4S2/c29-34(30,17-8-7-15-4-1-2-5-16(15)12-17)28-20-14-32-22-19(13-31-23(20)22)27-24-25-10-9-18(26-24)21-6-3-11-33-21/h1-12,19-20,22-23,28H,13-14H2,(H,25,26,27). The largest absolute Gasteiger partial charge is 0.371 e. The number of anilines is 1. The molecule has 0 aliphatic carbocycles. The van der Waals surface area contributed by atoms with E-state index in [1.807, 2.05) is 53.9 Å². The molecule has 174 valence electrons. The monoisotopic (exact) mass is 494 g/mol. The molecule has 4 atom stereocenters. The van der Waals surface area contributed by atoms with E-state index in [0.29, 0.717) is 12.6 Å². The van der Waals surface area contributed by atoms with Crippen LogP contribution >= 0.6 is 11.3 Å². The molecule has 4 aromatic rings. The molecule has 2 aromatic heterocycles. The Morgan fingerprint density at radius 2 is 1.71 bits per heavy atom. The Bertz CT molecular complexity index is 1430. The first-order chi connectivity index (χ1) is 16.6. The van der Waals surface area contributed by atoms with Gasteiger partial charge >= 0.3 is 0 Å². The summed E-state index contributed by atoms with van der Waals surface area (Å²) < 4.78 is 40.9. The predicted molar refractivity (Wildman–Crippen MR) is 130 cm³/mol. The van der Waals surface area contributed by atoms with Crippen LogP contribution < -0.4 is 10.0 Å². The van der Waals surface area contributed by atoms with Gasteiger partial charge in [-0.05, 0) is 40.4 Å². The maximum Gasteiger partial charge on any atom is 0.241 e. The second-order valence-electron chi connectivity index (χ2n) is 8.33. The van der Waals surface area contributed by atoms with Gasteiger partial charge in [-0.2, -0.15) is 0 Å². The first kappa shape index (κ1) is 21.6. The van der Waals surface area contributed by atoms with Gasteiger partial charge in [0.2, 0.25) is 16.0 Å². The van der Waals surface area contributed by atoms with Crippen molar-refractivity contribution < 1.29 is 17.9 Å². The number of hydrogen-bond acceptors (Lipinski definition) is 8. The lowest BCUT2D eigenvalue weighted by Crippen LogP contribution is -2.44. The third-order valence-electron chi connectivity index (χ3n) is 6.13. The predicted octanol–water partition coefficient (Wildman–Crippen LogP) is 3.28. The summed E-state index contributed by atoms with van der Waals surface area (Å²) in [4.78, 5) is 10.2. The minimum atomic E-state index is -3.73. The maximum atomic E-state index is 13.1. The molecule has 2 aliphatic rings. The van der Waals surface area contributed by atoms with Crippen molar-refractivity contribution in [2.45, 2.75) is 29.2 Å². The molecule has 8 nitrogen and oxygen atoms in total. The zero-order valence-corrected chi connectivity index (χ0v) is 19.6. The van der Waals surface area contributed by atoms with Crippen molar-refractivity contribution in [3.63, 3.8) is 0 Å². The average Bonchev–Trinajstić information content (AvgIpc) is 3.60. The highest BCUT2D eigenvalue weighted by molar-refractivity contribution is 7.89. The molecule has 0 saturated carbocycles. The van der Waals surface area contributed by atoms with Gasteiger partial charge in [0, 0.05) is 6.20 Å². The quantitative estimate of drug-likeness (QED) is 0.424. The van der Waals surface area contributed by atoms with Gasteiger partial charge in [-0.3, -0.25) is 0 Å². The van der Waals surface area contributed by atoms with Crippen molar-refractivity contribution in [3.05, 3.63) is 72.2 Å². The molecular weight excluding hydrogens is 472 g/mol. The molecule has 0 radical (unpaired) electrons. The Morgan fingerprint density at radius 1 is 0.912 bits per heavy atom. The number of benzene rings is 2. The number of nitrogens with zero attached hydrogens (tertiary/aromatic N) is 2. The molecule has 0 spiro atoms. The zero-order chi connectivity index (χ0) is 23.1. The van der Waals surface area contributed by atoms with E-state index in [2.05, 4.69) is 20.0 Å². The van der Waals surface area contributed by atoms with Crippen LogP contribution in [0, 0.1) is 0 Å². The Labute approximate surface area is 201 Å². The fourth-order valence-electron chi connectivity index (χ4n) is 4.48. The minimum absolute atomic E-state index is 0.182. The Balaban J connectivity index is 1.15. The van der Waals surface area contributed by atoms with Crippen molar-refractivity contribution >= 4 is 38.1 Å². The van der Waals surface area contributed by atoms with Crippen molar-refractivity contribution in [2.75, 3.05) is 18.5 Å². The number of fused-ring (bicyclic) bond motifs is 2. The Hall–Kier alpha value is -2.89. The number of ether oxygens (including phenoxy) is 2. The molecular formula is C24H22N4O4S2.